The summed E-state index contributed by atoms with van der Waals surface area (Å²) in [6.45, 7) is 0.550. The number of hydrogen-bond donors (Lipinski definition) is 2. The molecule has 1 heterocycles. The Morgan fingerprint density at radius 1 is 1.08 bits per heavy atom. The molecule has 1 amide bonds. The molecule has 1 aliphatic heterocycles. The lowest BCUT2D eigenvalue weighted by molar-refractivity contribution is -0.134. The molecule has 1 saturated heterocycles. The predicted molar refractivity (Wildman–Crippen MR) is 103 cm³/mol. The average Bonchev–Trinajstić information content (AvgIpc) is 3.33. The van der Waals surface area contributed by atoms with Gasteiger partial charge in [0.15, 0.2) is 15.8 Å². The Labute approximate surface area is 156 Å². The van der Waals surface area contributed by atoms with E-state index in [4.69, 9.17) is 0 Å². The molecule has 2 saturated carbocycles. The first-order valence-corrected chi connectivity index (χ1v) is 11.6. The zero-order chi connectivity index (χ0) is 18.7. The molecule has 0 aromatic heterocycles. The first-order chi connectivity index (χ1) is 12.3. The number of carbonyl (C=O) groups excluding carboxylic acids is 1. The van der Waals surface area contributed by atoms with Gasteiger partial charge in [0, 0.05) is 38.6 Å². The van der Waals surface area contributed by atoms with E-state index in [1.54, 1.807) is 4.90 Å². The molecular weight excluding hydrogens is 352 g/mol. The molecule has 0 bridgehead atoms. The van der Waals surface area contributed by atoms with Crippen LogP contribution in [-0.4, -0.2) is 69.4 Å². The molecule has 0 spiro atoms. The van der Waals surface area contributed by atoms with Crippen LogP contribution in [0.2, 0.25) is 0 Å². The SMILES string of the molecule is CN(C)C(=O)C1CCCC(NC(=NCC2CCS(=O)(=O)C2)NC2CC2)C1. The second-order valence-electron chi connectivity index (χ2n) is 8.31. The minimum Gasteiger partial charge on any atom is -0.354 e. The minimum absolute atomic E-state index is 0.0819. The molecule has 0 radical (unpaired) electrons. The maximum atomic E-state index is 12.3. The van der Waals surface area contributed by atoms with Gasteiger partial charge in [0.2, 0.25) is 5.91 Å². The molecular formula is C18H32N4O3S. The van der Waals surface area contributed by atoms with E-state index in [1.165, 1.54) is 0 Å². The number of amides is 1. The van der Waals surface area contributed by atoms with Crippen LogP contribution in [0.1, 0.15) is 44.9 Å². The van der Waals surface area contributed by atoms with Crippen molar-refractivity contribution in [3.63, 3.8) is 0 Å². The minimum atomic E-state index is -2.86. The summed E-state index contributed by atoms with van der Waals surface area (Å²) in [6.07, 6.45) is 6.90. The molecule has 3 fully saturated rings. The zero-order valence-electron chi connectivity index (χ0n) is 15.9. The number of sulfone groups is 1. The number of aliphatic imine (C=N–C) groups is 1. The Morgan fingerprint density at radius 3 is 2.42 bits per heavy atom. The van der Waals surface area contributed by atoms with Crippen molar-refractivity contribution in [1.82, 2.24) is 15.5 Å². The summed E-state index contributed by atoms with van der Waals surface area (Å²) in [6, 6.07) is 0.728. The molecule has 3 rings (SSSR count). The van der Waals surface area contributed by atoms with E-state index in [9.17, 15) is 13.2 Å². The normalized spacial score (nSPS) is 31.5. The van der Waals surface area contributed by atoms with Crippen LogP contribution < -0.4 is 10.6 Å². The van der Waals surface area contributed by atoms with E-state index in [0.717, 1.165) is 44.5 Å². The molecule has 0 aromatic rings. The van der Waals surface area contributed by atoms with Crippen molar-refractivity contribution in [3.05, 3.63) is 0 Å². The average molecular weight is 385 g/mol. The zero-order valence-corrected chi connectivity index (χ0v) is 16.7. The van der Waals surface area contributed by atoms with Crippen molar-refractivity contribution in [2.24, 2.45) is 16.8 Å². The van der Waals surface area contributed by atoms with Crippen molar-refractivity contribution < 1.29 is 13.2 Å². The Kier molecular flexibility index (Phi) is 6.10. The van der Waals surface area contributed by atoms with Crippen LogP contribution in [0.3, 0.4) is 0 Å². The maximum absolute atomic E-state index is 12.3. The fourth-order valence-corrected chi connectivity index (χ4v) is 5.74. The lowest BCUT2D eigenvalue weighted by Gasteiger charge is -2.31. The van der Waals surface area contributed by atoms with E-state index in [-0.39, 0.29) is 29.5 Å². The summed E-state index contributed by atoms with van der Waals surface area (Å²) in [5.41, 5.74) is 0. The van der Waals surface area contributed by atoms with Crippen LogP contribution >= 0.6 is 0 Å². The quantitative estimate of drug-likeness (QED) is 0.540. The first kappa shape index (κ1) is 19.5. The first-order valence-electron chi connectivity index (χ1n) is 9.81. The molecule has 2 N–H and O–H groups in total. The van der Waals surface area contributed by atoms with Gasteiger partial charge in [-0.3, -0.25) is 9.79 Å². The molecule has 3 atom stereocenters. The second kappa shape index (κ2) is 8.15. The van der Waals surface area contributed by atoms with Crippen LogP contribution in [0, 0.1) is 11.8 Å². The fraction of sp³-hybridized carbons (Fsp3) is 0.889. The largest absolute Gasteiger partial charge is 0.354 e. The summed E-state index contributed by atoms with van der Waals surface area (Å²) in [5.74, 6) is 1.77. The highest BCUT2D eigenvalue weighted by Gasteiger charge is 2.31. The number of carbonyl (C=O) groups is 1. The van der Waals surface area contributed by atoms with Crippen molar-refractivity contribution in [3.8, 4) is 0 Å². The summed E-state index contributed by atoms with van der Waals surface area (Å²) >= 11 is 0. The van der Waals surface area contributed by atoms with Crippen LogP contribution in [0.15, 0.2) is 4.99 Å². The highest BCUT2D eigenvalue weighted by atomic mass is 32.2. The third-order valence-corrected chi connectivity index (χ3v) is 7.39. The molecule has 3 aliphatic rings. The van der Waals surface area contributed by atoms with Gasteiger partial charge in [0.05, 0.1) is 11.5 Å². The van der Waals surface area contributed by atoms with E-state index in [1.807, 2.05) is 14.1 Å². The van der Waals surface area contributed by atoms with Gasteiger partial charge in [-0.15, -0.1) is 0 Å². The Bertz CT molecular complexity index is 643. The number of hydrogen-bond acceptors (Lipinski definition) is 4. The fourth-order valence-electron chi connectivity index (χ4n) is 3.89. The monoisotopic (exact) mass is 384 g/mol. The van der Waals surface area contributed by atoms with Gasteiger partial charge < -0.3 is 15.5 Å². The van der Waals surface area contributed by atoms with Crippen LogP contribution in [-0.2, 0) is 14.6 Å². The number of guanidine groups is 1. The molecule has 0 aromatic carbocycles. The Morgan fingerprint density at radius 2 is 1.81 bits per heavy atom. The van der Waals surface area contributed by atoms with Gasteiger partial charge >= 0.3 is 0 Å². The summed E-state index contributed by atoms with van der Waals surface area (Å²) in [5, 5.41) is 6.96. The number of rotatable bonds is 5. The van der Waals surface area contributed by atoms with Crippen molar-refractivity contribution in [1.29, 1.82) is 0 Å². The van der Waals surface area contributed by atoms with Gasteiger partial charge in [-0.1, -0.05) is 6.42 Å². The van der Waals surface area contributed by atoms with Crippen LogP contribution in [0.4, 0.5) is 0 Å². The number of nitrogens with zero attached hydrogens (tertiary/aromatic N) is 2. The Balaban J connectivity index is 1.57. The van der Waals surface area contributed by atoms with Gasteiger partial charge in [0.1, 0.15) is 0 Å². The third kappa shape index (κ3) is 5.59. The summed E-state index contributed by atoms with van der Waals surface area (Å²) in [7, 11) is 0.774. The lowest BCUT2D eigenvalue weighted by atomic mass is 9.85. The third-order valence-electron chi connectivity index (χ3n) is 5.56. The molecule has 148 valence electrons. The summed E-state index contributed by atoms with van der Waals surface area (Å²) in [4.78, 5) is 18.6. The molecule has 2 aliphatic carbocycles. The molecule has 26 heavy (non-hydrogen) atoms. The second-order valence-corrected chi connectivity index (χ2v) is 10.5. The van der Waals surface area contributed by atoms with E-state index < -0.39 is 9.84 Å². The van der Waals surface area contributed by atoms with Crippen molar-refractivity contribution in [2.45, 2.75) is 57.0 Å². The highest BCUT2D eigenvalue weighted by Crippen LogP contribution is 2.26. The van der Waals surface area contributed by atoms with Gasteiger partial charge in [-0.05, 0) is 44.4 Å². The van der Waals surface area contributed by atoms with E-state index >= 15 is 0 Å². The smallest absolute Gasteiger partial charge is 0.225 e. The Hall–Kier alpha value is -1.31. The van der Waals surface area contributed by atoms with E-state index in [2.05, 4.69) is 15.6 Å². The highest BCUT2D eigenvalue weighted by molar-refractivity contribution is 7.91. The van der Waals surface area contributed by atoms with Crippen LogP contribution in [0.25, 0.3) is 0 Å². The van der Waals surface area contributed by atoms with Gasteiger partial charge in [-0.2, -0.15) is 0 Å². The molecule has 8 heteroatoms. The van der Waals surface area contributed by atoms with Gasteiger partial charge in [0.25, 0.3) is 0 Å². The predicted octanol–water partition coefficient (Wildman–Crippen LogP) is 0.766. The number of nitrogens with one attached hydrogen (secondary N) is 2. The standard InChI is InChI=1S/C18H32N4O3S/c1-22(2)17(23)14-4-3-5-16(10-14)21-18(20-15-6-7-15)19-11-13-8-9-26(24,25)12-13/h13-16H,3-12H2,1-2H3,(H2,19,20,21). The summed E-state index contributed by atoms with van der Waals surface area (Å²) < 4.78 is 23.3. The van der Waals surface area contributed by atoms with E-state index in [0.29, 0.717) is 24.8 Å². The van der Waals surface area contributed by atoms with Crippen molar-refractivity contribution in [2.75, 3.05) is 32.1 Å². The topological polar surface area (TPSA) is 90.9 Å². The molecule has 3 unspecified atom stereocenters. The van der Waals surface area contributed by atoms with Crippen molar-refractivity contribution >= 4 is 21.7 Å². The molecule has 7 nitrogen and oxygen atoms in total. The maximum Gasteiger partial charge on any atom is 0.225 e. The van der Waals surface area contributed by atoms with Gasteiger partial charge in [-0.25, -0.2) is 8.42 Å². The lowest BCUT2D eigenvalue weighted by Crippen LogP contribution is -2.47. The van der Waals surface area contributed by atoms with Crippen LogP contribution in [0.5, 0.6) is 0 Å².